The molecule has 0 unspecified atom stereocenters. The average molecular weight is 300 g/mol. The summed E-state index contributed by atoms with van der Waals surface area (Å²) in [4.78, 5) is 0. The molecule has 0 aromatic heterocycles. The van der Waals surface area contributed by atoms with Crippen LogP contribution < -0.4 is 5.46 Å². The van der Waals surface area contributed by atoms with E-state index in [2.05, 4.69) is 0 Å². The molecule has 1 aromatic rings. The maximum Gasteiger partial charge on any atom is 0.495 e. The lowest BCUT2D eigenvalue weighted by Crippen LogP contribution is -2.41. The van der Waals surface area contributed by atoms with Gasteiger partial charge in [-0.1, -0.05) is 11.1 Å². The van der Waals surface area contributed by atoms with Gasteiger partial charge in [0, 0.05) is 0 Å². The largest absolute Gasteiger partial charge is 0.495 e. The van der Waals surface area contributed by atoms with E-state index in [1.807, 2.05) is 27.7 Å². The first-order valence-electron chi connectivity index (χ1n) is 6.89. The lowest BCUT2D eigenvalue weighted by Gasteiger charge is -2.32. The molecule has 6 heteroatoms. The van der Waals surface area contributed by atoms with E-state index in [1.54, 1.807) is 13.8 Å². The van der Waals surface area contributed by atoms with E-state index in [1.165, 1.54) is 0 Å². The smallest absolute Gasteiger partial charge is 0.399 e. The number of alkyl halides is 3. The number of hydrogen-bond donors (Lipinski definition) is 0. The van der Waals surface area contributed by atoms with Gasteiger partial charge in [0.2, 0.25) is 0 Å². The quantitative estimate of drug-likeness (QED) is 0.738. The summed E-state index contributed by atoms with van der Waals surface area (Å²) in [6.45, 7) is 11.0. The Morgan fingerprint density at radius 2 is 1.29 bits per heavy atom. The molecule has 1 aromatic carbocycles. The summed E-state index contributed by atoms with van der Waals surface area (Å²) < 4.78 is 50.4. The van der Waals surface area contributed by atoms with E-state index >= 15 is 0 Å². The minimum atomic E-state index is -4.34. The van der Waals surface area contributed by atoms with Gasteiger partial charge >= 0.3 is 13.3 Å². The lowest BCUT2D eigenvalue weighted by atomic mass is 9.73. The zero-order valence-corrected chi connectivity index (χ0v) is 13.2. The Morgan fingerprint density at radius 1 is 0.905 bits per heavy atom. The van der Waals surface area contributed by atoms with Crippen molar-refractivity contribution in [3.63, 3.8) is 0 Å². The zero-order chi connectivity index (χ0) is 16.2. The van der Waals surface area contributed by atoms with Gasteiger partial charge in [0.1, 0.15) is 0 Å². The number of halogens is 3. The maximum atomic E-state index is 12.8. The Labute approximate surface area is 123 Å². The van der Waals surface area contributed by atoms with Gasteiger partial charge in [-0.2, -0.15) is 13.2 Å². The van der Waals surface area contributed by atoms with Gasteiger partial charge in [0.05, 0.1) is 16.8 Å². The fourth-order valence-corrected chi connectivity index (χ4v) is 2.47. The van der Waals surface area contributed by atoms with E-state index in [9.17, 15) is 13.2 Å². The third-order valence-corrected chi connectivity index (χ3v) is 4.41. The molecule has 2 nitrogen and oxygen atoms in total. The zero-order valence-electron chi connectivity index (χ0n) is 13.2. The summed E-state index contributed by atoms with van der Waals surface area (Å²) in [5.41, 5.74) is 0.0689. The minimum Gasteiger partial charge on any atom is -0.399 e. The van der Waals surface area contributed by atoms with Crippen LogP contribution in [0.15, 0.2) is 12.1 Å². The van der Waals surface area contributed by atoms with Crippen LogP contribution in [0.5, 0.6) is 0 Å². The molecule has 1 fully saturated rings. The topological polar surface area (TPSA) is 18.5 Å². The van der Waals surface area contributed by atoms with Crippen LogP contribution >= 0.6 is 0 Å². The molecule has 0 aliphatic carbocycles. The van der Waals surface area contributed by atoms with Crippen LogP contribution in [0.3, 0.4) is 0 Å². The molecule has 1 aliphatic heterocycles. The van der Waals surface area contributed by atoms with Gasteiger partial charge in [-0.15, -0.1) is 0 Å². The van der Waals surface area contributed by atoms with Crippen LogP contribution in [0.25, 0.3) is 0 Å². The third-order valence-electron chi connectivity index (χ3n) is 4.41. The van der Waals surface area contributed by atoms with Crippen LogP contribution in [0, 0.1) is 13.8 Å². The first-order chi connectivity index (χ1) is 9.35. The molecule has 0 bridgehead atoms. The molecule has 21 heavy (non-hydrogen) atoms. The average Bonchev–Trinajstić information content (AvgIpc) is 2.45. The first kappa shape index (κ1) is 16.4. The highest BCUT2D eigenvalue weighted by Crippen LogP contribution is 2.37. The van der Waals surface area contributed by atoms with Crippen LogP contribution in [0.4, 0.5) is 13.2 Å². The molecular weight excluding hydrogens is 280 g/mol. The number of benzene rings is 1. The molecular formula is C15H20BF3O2. The van der Waals surface area contributed by atoms with Crippen molar-refractivity contribution in [3.05, 3.63) is 28.8 Å². The highest BCUT2D eigenvalue weighted by atomic mass is 19.4. The van der Waals surface area contributed by atoms with Crippen LogP contribution in [0.1, 0.15) is 44.4 Å². The number of rotatable bonds is 1. The van der Waals surface area contributed by atoms with Gasteiger partial charge in [-0.05, 0) is 59.1 Å². The predicted molar refractivity (Wildman–Crippen MR) is 76.6 cm³/mol. The molecule has 1 heterocycles. The molecule has 116 valence electrons. The second kappa shape index (κ2) is 4.75. The Balaban J connectivity index is 2.44. The summed E-state index contributed by atoms with van der Waals surface area (Å²) in [6, 6.07) is 2.29. The number of hydrogen-bond acceptors (Lipinski definition) is 2. The fourth-order valence-electron chi connectivity index (χ4n) is 2.47. The van der Waals surface area contributed by atoms with Gasteiger partial charge in [0.15, 0.2) is 0 Å². The Kier molecular flexibility index (Phi) is 3.70. The second-order valence-electron chi connectivity index (χ2n) is 6.61. The molecule has 0 amide bonds. The summed E-state index contributed by atoms with van der Waals surface area (Å²) in [6.07, 6.45) is -4.34. The molecule has 0 atom stereocenters. The fraction of sp³-hybridized carbons (Fsp3) is 0.600. The van der Waals surface area contributed by atoms with Crippen molar-refractivity contribution in [2.75, 3.05) is 0 Å². The Hall–Kier alpha value is -1.01. The van der Waals surface area contributed by atoms with Crippen molar-refractivity contribution in [2.45, 2.75) is 58.9 Å². The maximum absolute atomic E-state index is 12.8. The number of aryl methyl sites for hydroxylation is 2. The summed E-state index contributed by atoms with van der Waals surface area (Å²) >= 11 is 0. The van der Waals surface area contributed by atoms with Gasteiger partial charge in [-0.3, -0.25) is 0 Å². The minimum absolute atomic E-state index is 0.515. The van der Waals surface area contributed by atoms with Crippen LogP contribution in [-0.2, 0) is 15.5 Å². The molecule has 1 saturated heterocycles. The first-order valence-corrected chi connectivity index (χ1v) is 6.89. The van der Waals surface area contributed by atoms with E-state index < -0.39 is 30.1 Å². The molecule has 2 rings (SSSR count). The summed E-state index contributed by atoms with van der Waals surface area (Å²) in [7, 11) is -0.641. The summed E-state index contributed by atoms with van der Waals surface area (Å²) in [5.74, 6) is 0. The van der Waals surface area contributed by atoms with Crippen molar-refractivity contribution in [3.8, 4) is 0 Å². The molecule has 0 radical (unpaired) electrons. The van der Waals surface area contributed by atoms with Crippen molar-refractivity contribution in [1.29, 1.82) is 0 Å². The van der Waals surface area contributed by atoms with Crippen molar-refractivity contribution >= 4 is 12.6 Å². The van der Waals surface area contributed by atoms with Crippen molar-refractivity contribution < 1.29 is 22.5 Å². The Bertz CT molecular complexity index is 526. The normalized spacial score (nSPS) is 20.9. The summed E-state index contributed by atoms with van der Waals surface area (Å²) in [5, 5.41) is 0. The van der Waals surface area contributed by atoms with Crippen LogP contribution in [-0.4, -0.2) is 18.3 Å². The highest BCUT2D eigenvalue weighted by molar-refractivity contribution is 6.63. The van der Waals surface area contributed by atoms with E-state index in [-0.39, 0.29) is 0 Å². The van der Waals surface area contributed by atoms with Gasteiger partial charge in [-0.25, -0.2) is 0 Å². The van der Waals surface area contributed by atoms with Crippen molar-refractivity contribution in [2.24, 2.45) is 0 Å². The van der Waals surface area contributed by atoms with E-state index in [0.29, 0.717) is 16.6 Å². The SMILES string of the molecule is Cc1cc(C(F)(F)F)cc(C)c1B1OC(C)(C)C(C)(C)O1. The van der Waals surface area contributed by atoms with E-state index in [4.69, 9.17) is 9.31 Å². The van der Waals surface area contributed by atoms with Gasteiger partial charge in [0.25, 0.3) is 0 Å². The predicted octanol–water partition coefficient (Wildman–Crippen LogP) is 3.62. The highest BCUT2D eigenvalue weighted by Gasteiger charge is 2.52. The van der Waals surface area contributed by atoms with Crippen LogP contribution in [0.2, 0.25) is 0 Å². The lowest BCUT2D eigenvalue weighted by molar-refractivity contribution is -0.137. The molecule has 0 saturated carbocycles. The molecule has 0 N–H and O–H groups in total. The monoisotopic (exact) mass is 300 g/mol. The molecule has 1 aliphatic rings. The van der Waals surface area contributed by atoms with Gasteiger partial charge < -0.3 is 9.31 Å². The van der Waals surface area contributed by atoms with E-state index in [0.717, 1.165) is 12.1 Å². The van der Waals surface area contributed by atoms with Crippen molar-refractivity contribution in [1.82, 2.24) is 0 Å². The standard InChI is InChI=1S/C15H20BF3O2/c1-9-7-11(15(17,18)19)8-10(2)12(9)16-20-13(3,4)14(5,6)21-16/h7-8H,1-6H3. The third kappa shape index (κ3) is 2.83. The molecule has 0 spiro atoms. The Morgan fingerprint density at radius 3 is 1.62 bits per heavy atom. The second-order valence-corrected chi connectivity index (χ2v) is 6.61.